The van der Waals surface area contributed by atoms with E-state index in [-0.39, 0.29) is 12.3 Å². The molecule has 0 saturated heterocycles. The van der Waals surface area contributed by atoms with Gasteiger partial charge in [-0.25, -0.2) is 0 Å². The Morgan fingerprint density at radius 2 is 1.60 bits per heavy atom. The molecule has 82 valence electrons. The Labute approximate surface area is 90.9 Å². The van der Waals surface area contributed by atoms with E-state index in [4.69, 9.17) is 5.11 Å². The quantitative estimate of drug-likeness (QED) is 0.819. The van der Waals surface area contributed by atoms with Gasteiger partial charge in [0.05, 0.1) is 6.42 Å². The van der Waals surface area contributed by atoms with Crippen LogP contribution in [-0.4, -0.2) is 11.1 Å². The Morgan fingerprint density at radius 1 is 1.13 bits per heavy atom. The van der Waals surface area contributed by atoms with Gasteiger partial charge in [0.15, 0.2) is 0 Å². The first-order valence-electron chi connectivity index (χ1n) is 5.32. The van der Waals surface area contributed by atoms with Gasteiger partial charge in [0, 0.05) is 0 Å². The van der Waals surface area contributed by atoms with E-state index in [1.165, 1.54) is 5.56 Å². The molecule has 2 heteroatoms. The Hall–Kier alpha value is -1.31. The minimum Gasteiger partial charge on any atom is -0.481 e. The molecule has 1 aromatic rings. The van der Waals surface area contributed by atoms with Gasteiger partial charge < -0.3 is 5.11 Å². The summed E-state index contributed by atoms with van der Waals surface area (Å²) in [6.07, 6.45) is 0.195. The lowest BCUT2D eigenvalue weighted by Gasteiger charge is -2.11. The van der Waals surface area contributed by atoms with Crippen molar-refractivity contribution in [3.63, 3.8) is 0 Å². The molecule has 0 amide bonds. The molecule has 0 aliphatic rings. The number of carboxylic acids is 1. The smallest absolute Gasteiger partial charge is 0.303 e. The minimum absolute atomic E-state index is 0.0868. The van der Waals surface area contributed by atoms with E-state index in [0.29, 0.717) is 5.92 Å². The second-order valence-electron chi connectivity index (χ2n) is 4.32. The summed E-state index contributed by atoms with van der Waals surface area (Å²) in [6.45, 7) is 6.24. The van der Waals surface area contributed by atoms with Gasteiger partial charge >= 0.3 is 5.97 Å². The predicted octanol–water partition coefficient (Wildman–Crippen LogP) is 3.39. The number of benzene rings is 1. The van der Waals surface area contributed by atoms with Gasteiger partial charge in [-0.15, -0.1) is 0 Å². The lowest BCUT2D eigenvalue weighted by Crippen LogP contribution is -2.02. The maximum atomic E-state index is 10.6. The second-order valence-corrected chi connectivity index (χ2v) is 4.32. The SMILES string of the molecule is CC(C)c1ccc([C@H](C)CC(=O)O)cc1. The molecule has 0 saturated carbocycles. The predicted molar refractivity (Wildman–Crippen MR) is 61.2 cm³/mol. The molecule has 0 heterocycles. The molecule has 2 nitrogen and oxygen atoms in total. The summed E-state index contributed by atoms with van der Waals surface area (Å²) >= 11 is 0. The van der Waals surface area contributed by atoms with E-state index < -0.39 is 5.97 Å². The molecule has 0 radical (unpaired) electrons. The van der Waals surface area contributed by atoms with Crippen LogP contribution in [0.1, 0.15) is 50.2 Å². The van der Waals surface area contributed by atoms with Crippen molar-refractivity contribution in [1.29, 1.82) is 0 Å². The number of hydrogen-bond acceptors (Lipinski definition) is 1. The first kappa shape index (κ1) is 11.8. The number of aliphatic carboxylic acids is 1. The van der Waals surface area contributed by atoms with E-state index in [0.717, 1.165) is 5.56 Å². The maximum Gasteiger partial charge on any atom is 0.303 e. The summed E-state index contributed by atoms with van der Waals surface area (Å²) in [5, 5.41) is 8.69. The Balaban J connectivity index is 2.75. The largest absolute Gasteiger partial charge is 0.481 e. The fourth-order valence-electron chi connectivity index (χ4n) is 1.59. The van der Waals surface area contributed by atoms with Crippen LogP contribution in [0, 0.1) is 0 Å². The molecule has 1 aromatic carbocycles. The molecule has 1 N–H and O–H groups in total. The monoisotopic (exact) mass is 206 g/mol. The fourth-order valence-corrected chi connectivity index (χ4v) is 1.59. The zero-order chi connectivity index (χ0) is 11.4. The lowest BCUT2D eigenvalue weighted by molar-refractivity contribution is -0.137. The van der Waals surface area contributed by atoms with Crippen LogP contribution < -0.4 is 0 Å². The van der Waals surface area contributed by atoms with Crippen LogP contribution in [0.3, 0.4) is 0 Å². The highest BCUT2D eigenvalue weighted by molar-refractivity contribution is 5.67. The average molecular weight is 206 g/mol. The van der Waals surface area contributed by atoms with E-state index in [1.54, 1.807) is 0 Å². The molecule has 0 aromatic heterocycles. The van der Waals surface area contributed by atoms with Crippen LogP contribution in [0.4, 0.5) is 0 Å². The summed E-state index contributed by atoms with van der Waals surface area (Å²) < 4.78 is 0. The molecule has 0 fully saturated rings. The van der Waals surface area contributed by atoms with Crippen LogP contribution >= 0.6 is 0 Å². The zero-order valence-electron chi connectivity index (χ0n) is 9.53. The third kappa shape index (κ3) is 3.39. The third-order valence-electron chi connectivity index (χ3n) is 2.65. The van der Waals surface area contributed by atoms with Gasteiger partial charge in [0.25, 0.3) is 0 Å². The molecular formula is C13H18O2. The summed E-state index contributed by atoms with van der Waals surface area (Å²) in [4.78, 5) is 10.6. The zero-order valence-corrected chi connectivity index (χ0v) is 9.53. The maximum absolute atomic E-state index is 10.6. The first-order valence-corrected chi connectivity index (χ1v) is 5.32. The number of hydrogen-bond donors (Lipinski definition) is 1. The standard InChI is InChI=1S/C13H18O2/c1-9(2)11-4-6-12(7-5-11)10(3)8-13(14)15/h4-7,9-10H,8H2,1-3H3,(H,14,15)/t10-/m1/s1. The average Bonchev–Trinajstić information content (AvgIpc) is 2.17. The number of carboxylic acid groups (broad SMARTS) is 1. The Bertz CT molecular complexity index is 325. The Kier molecular flexibility index (Phi) is 3.89. The van der Waals surface area contributed by atoms with Crippen LogP contribution in [0.15, 0.2) is 24.3 Å². The number of rotatable bonds is 4. The fraction of sp³-hybridized carbons (Fsp3) is 0.462. The summed E-state index contributed by atoms with van der Waals surface area (Å²) in [6, 6.07) is 8.22. The van der Waals surface area contributed by atoms with E-state index in [1.807, 2.05) is 19.1 Å². The van der Waals surface area contributed by atoms with E-state index in [9.17, 15) is 4.79 Å². The highest BCUT2D eigenvalue weighted by atomic mass is 16.4. The van der Waals surface area contributed by atoms with E-state index in [2.05, 4.69) is 26.0 Å². The highest BCUT2D eigenvalue weighted by Crippen LogP contribution is 2.21. The lowest BCUT2D eigenvalue weighted by atomic mass is 9.94. The van der Waals surface area contributed by atoms with E-state index >= 15 is 0 Å². The molecule has 0 unspecified atom stereocenters. The summed E-state index contributed by atoms with van der Waals surface area (Å²) in [5.41, 5.74) is 2.39. The molecule has 0 aliphatic carbocycles. The molecule has 0 bridgehead atoms. The van der Waals surface area contributed by atoms with Crippen molar-refractivity contribution in [2.75, 3.05) is 0 Å². The number of carbonyl (C=O) groups is 1. The Morgan fingerprint density at radius 3 is 2.00 bits per heavy atom. The van der Waals surface area contributed by atoms with Crippen molar-refractivity contribution in [2.45, 2.75) is 39.0 Å². The van der Waals surface area contributed by atoms with Gasteiger partial charge in [0.2, 0.25) is 0 Å². The van der Waals surface area contributed by atoms with Gasteiger partial charge in [-0.3, -0.25) is 4.79 Å². The van der Waals surface area contributed by atoms with Crippen molar-refractivity contribution >= 4 is 5.97 Å². The van der Waals surface area contributed by atoms with Crippen LogP contribution in [0.5, 0.6) is 0 Å². The topological polar surface area (TPSA) is 37.3 Å². The first-order chi connectivity index (χ1) is 7.00. The van der Waals surface area contributed by atoms with Gasteiger partial charge in [-0.2, -0.15) is 0 Å². The van der Waals surface area contributed by atoms with Crippen molar-refractivity contribution in [3.05, 3.63) is 35.4 Å². The molecule has 1 rings (SSSR count). The minimum atomic E-state index is -0.740. The van der Waals surface area contributed by atoms with Crippen LogP contribution in [-0.2, 0) is 4.79 Å². The normalized spacial score (nSPS) is 12.8. The molecule has 0 spiro atoms. The third-order valence-corrected chi connectivity index (χ3v) is 2.65. The highest BCUT2D eigenvalue weighted by Gasteiger charge is 2.10. The van der Waals surface area contributed by atoms with Crippen LogP contribution in [0.2, 0.25) is 0 Å². The molecule has 15 heavy (non-hydrogen) atoms. The molecule has 1 atom stereocenters. The van der Waals surface area contributed by atoms with Crippen molar-refractivity contribution in [2.24, 2.45) is 0 Å². The van der Waals surface area contributed by atoms with Crippen molar-refractivity contribution < 1.29 is 9.90 Å². The van der Waals surface area contributed by atoms with Crippen molar-refractivity contribution in [1.82, 2.24) is 0 Å². The summed E-state index contributed by atoms with van der Waals surface area (Å²) in [7, 11) is 0. The molecule has 0 aliphatic heterocycles. The summed E-state index contributed by atoms with van der Waals surface area (Å²) in [5.74, 6) is -0.132. The van der Waals surface area contributed by atoms with Gasteiger partial charge in [-0.1, -0.05) is 45.0 Å². The van der Waals surface area contributed by atoms with Crippen molar-refractivity contribution in [3.8, 4) is 0 Å². The second kappa shape index (κ2) is 4.96. The van der Waals surface area contributed by atoms with Crippen LogP contribution in [0.25, 0.3) is 0 Å². The molecular weight excluding hydrogens is 188 g/mol. The van der Waals surface area contributed by atoms with Gasteiger partial charge in [-0.05, 0) is 23.0 Å². The van der Waals surface area contributed by atoms with Gasteiger partial charge in [0.1, 0.15) is 0 Å².